The van der Waals surface area contributed by atoms with Gasteiger partial charge >= 0.3 is 0 Å². The second-order valence-corrected chi connectivity index (χ2v) is 6.07. The number of carbonyl (C=O) groups is 1. The Morgan fingerprint density at radius 3 is 2.84 bits per heavy atom. The Labute approximate surface area is 124 Å². The molecule has 0 radical (unpaired) electrons. The second-order valence-electron chi connectivity index (χ2n) is 4.77. The number of aromatic nitrogens is 2. The van der Waals surface area contributed by atoms with Crippen LogP contribution in [0.15, 0.2) is 22.7 Å². The first-order chi connectivity index (χ1) is 9.15. The van der Waals surface area contributed by atoms with E-state index in [4.69, 9.17) is 12.2 Å². The Morgan fingerprint density at radius 1 is 1.37 bits per heavy atom. The van der Waals surface area contributed by atoms with Gasteiger partial charge in [-0.05, 0) is 43.3 Å². The van der Waals surface area contributed by atoms with Crippen molar-refractivity contribution in [3.63, 3.8) is 0 Å². The number of imidazole rings is 1. The van der Waals surface area contributed by atoms with E-state index < -0.39 is 0 Å². The lowest BCUT2D eigenvalue weighted by Gasteiger charge is -2.15. The van der Waals surface area contributed by atoms with Crippen LogP contribution in [0.3, 0.4) is 0 Å². The van der Waals surface area contributed by atoms with Gasteiger partial charge in [0, 0.05) is 17.6 Å². The number of likely N-dealkylation sites (tertiary alicyclic amines) is 1. The first kappa shape index (κ1) is 12.9. The van der Waals surface area contributed by atoms with Crippen molar-refractivity contribution in [3.8, 4) is 0 Å². The van der Waals surface area contributed by atoms with Gasteiger partial charge < -0.3 is 14.5 Å². The smallest absolute Gasteiger partial charge is 0.242 e. The average Bonchev–Trinajstić information content (AvgIpc) is 2.99. The minimum Gasteiger partial charge on any atom is -0.341 e. The Kier molecular flexibility index (Phi) is 3.45. The third-order valence-corrected chi connectivity index (χ3v) is 4.31. The molecule has 1 aliphatic rings. The summed E-state index contributed by atoms with van der Waals surface area (Å²) in [4.78, 5) is 17.3. The summed E-state index contributed by atoms with van der Waals surface area (Å²) in [7, 11) is 0. The molecule has 0 spiro atoms. The van der Waals surface area contributed by atoms with Crippen LogP contribution in [0.5, 0.6) is 0 Å². The van der Waals surface area contributed by atoms with Crippen molar-refractivity contribution in [2.45, 2.75) is 19.4 Å². The molecular weight excluding hydrogens is 326 g/mol. The molecule has 0 unspecified atom stereocenters. The van der Waals surface area contributed by atoms with Crippen molar-refractivity contribution in [1.29, 1.82) is 0 Å². The number of nitrogens with zero attached hydrogens (tertiary/aromatic N) is 2. The number of halogens is 1. The number of benzene rings is 1. The largest absolute Gasteiger partial charge is 0.341 e. The van der Waals surface area contributed by atoms with Gasteiger partial charge in [-0.3, -0.25) is 4.79 Å². The van der Waals surface area contributed by atoms with Gasteiger partial charge in [0.15, 0.2) is 4.77 Å². The number of aromatic amines is 1. The molecule has 1 aromatic heterocycles. The molecule has 1 saturated heterocycles. The number of hydrogen-bond acceptors (Lipinski definition) is 2. The van der Waals surface area contributed by atoms with Gasteiger partial charge in [-0.25, -0.2) is 0 Å². The van der Waals surface area contributed by atoms with Gasteiger partial charge in [-0.1, -0.05) is 15.9 Å². The second kappa shape index (κ2) is 5.09. The van der Waals surface area contributed by atoms with Crippen LogP contribution in [0.1, 0.15) is 12.8 Å². The maximum absolute atomic E-state index is 12.2. The minimum absolute atomic E-state index is 0.148. The zero-order valence-corrected chi connectivity index (χ0v) is 12.8. The fraction of sp³-hybridized carbons (Fsp3) is 0.385. The van der Waals surface area contributed by atoms with E-state index in [2.05, 4.69) is 20.9 Å². The topological polar surface area (TPSA) is 41.0 Å². The molecule has 0 saturated carbocycles. The summed E-state index contributed by atoms with van der Waals surface area (Å²) in [5.41, 5.74) is 1.93. The molecule has 1 aromatic carbocycles. The van der Waals surface area contributed by atoms with E-state index >= 15 is 0 Å². The summed E-state index contributed by atoms with van der Waals surface area (Å²) >= 11 is 8.76. The van der Waals surface area contributed by atoms with Crippen molar-refractivity contribution in [1.82, 2.24) is 14.5 Å². The first-order valence-electron chi connectivity index (χ1n) is 6.31. The highest BCUT2D eigenvalue weighted by atomic mass is 79.9. The van der Waals surface area contributed by atoms with Gasteiger partial charge in [-0.2, -0.15) is 0 Å². The maximum atomic E-state index is 12.2. The summed E-state index contributed by atoms with van der Waals surface area (Å²) in [6.07, 6.45) is 2.22. The van der Waals surface area contributed by atoms with Crippen LogP contribution in [-0.2, 0) is 11.3 Å². The van der Waals surface area contributed by atoms with Gasteiger partial charge in [-0.15, -0.1) is 0 Å². The highest BCUT2D eigenvalue weighted by molar-refractivity contribution is 9.10. The average molecular weight is 340 g/mol. The van der Waals surface area contributed by atoms with Crippen LogP contribution in [0.4, 0.5) is 0 Å². The molecule has 0 atom stereocenters. The van der Waals surface area contributed by atoms with Crippen molar-refractivity contribution in [2.24, 2.45) is 0 Å². The minimum atomic E-state index is 0.148. The van der Waals surface area contributed by atoms with E-state index in [1.165, 1.54) is 0 Å². The van der Waals surface area contributed by atoms with E-state index in [1.807, 2.05) is 27.7 Å². The summed E-state index contributed by atoms with van der Waals surface area (Å²) in [6.45, 7) is 2.06. The number of carbonyl (C=O) groups excluding carboxylic acids is 1. The zero-order valence-electron chi connectivity index (χ0n) is 10.4. The molecule has 4 nitrogen and oxygen atoms in total. The number of rotatable bonds is 2. The molecule has 19 heavy (non-hydrogen) atoms. The number of amides is 1. The summed E-state index contributed by atoms with van der Waals surface area (Å²) < 4.78 is 3.45. The highest BCUT2D eigenvalue weighted by Gasteiger charge is 2.19. The van der Waals surface area contributed by atoms with E-state index in [9.17, 15) is 4.79 Å². The molecular formula is C13H14BrN3OS. The molecule has 1 fully saturated rings. The summed E-state index contributed by atoms with van der Waals surface area (Å²) in [5.74, 6) is 0.148. The van der Waals surface area contributed by atoms with Crippen molar-refractivity contribution < 1.29 is 4.79 Å². The Bertz CT molecular complexity index is 685. The quantitative estimate of drug-likeness (QED) is 0.854. The number of nitrogens with one attached hydrogen (secondary N) is 1. The lowest BCUT2D eigenvalue weighted by atomic mass is 10.3. The lowest BCUT2D eigenvalue weighted by molar-refractivity contribution is -0.130. The monoisotopic (exact) mass is 339 g/mol. The summed E-state index contributed by atoms with van der Waals surface area (Å²) in [6, 6.07) is 5.91. The van der Waals surface area contributed by atoms with Crippen LogP contribution < -0.4 is 0 Å². The molecule has 1 amide bonds. The van der Waals surface area contributed by atoms with Crippen LogP contribution in [0.25, 0.3) is 11.0 Å². The molecule has 2 aromatic rings. The SMILES string of the molecule is O=C(Cn1c(=S)[nH]c2ccc(Br)cc21)N1CCCC1. The number of H-pyrrole nitrogens is 1. The Hall–Kier alpha value is -1.14. The van der Waals surface area contributed by atoms with Crippen LogP contribution in [-0.4, -0.2) is 33.4 Å². The van der Waals surface area contributed by atoms with Gasteiger partial charge in [0.25, 0.3) is 0 Å². The highest BCUT2D eigenvalue weighted by Crippen LogP contribution is 2.20. The standard InChI is InChI=1S/C13H14BrN3OS/c14-9-3-4-10-11(7-9)17(13(19)15-10)8-12(18)16-5-1-2-6-16/h3-4,7H,1-2,5-6,8H2,(H,15,19). The van der Waals surface area contributed by atoms with E-state index in [-0.39, 0.29) is 5.91 Å². The third kappa shape index (κ3) is 2.47. The van der Waals surface area contributed by atoms with Crippen molar-refractivity contribution in [3.05, 3.63) is 27.4 Å². The lowest BCUT2D eigenvalue weighted by Crippen LogP contribution is -2.31. The fourth-order valence-electron chi connectivity index (χ4n) is 2.48. The molecule has 0 bridgehead atoms. The van der Waals surface area contributed by atoms with Gasteiger partial charge in [0.1, 0.15) is 6.54 Å². The molecule has 100 valence electrons. The van der Waals surface area contributed by atoms with E-state index in [0.29, 0.717) is 11.3 Å². The third-order valence-electron chi connectivity index (χ3n) is 3.49. The fourth-order valence-corrected chi connectivity index (χ4v) is 3.11. The molecule has 1 N–H and O–H groups in total. The molecule has 2 heterocycles. The normalized spacial score (nSPS) is 15.3. The van der Waals surface area contributed by atoms with Crippen molar-refractivity contribution in [2.75, 3.05) is 13.1 Å². The number of hydrogen-bond donors (Lipinski definition) is 1. The van der Waals surface area contributed by atoms with E-state index in [0.717, 1.165) is 41.4 Å². The molecule has 3 rings (SSSR count). The van der Waals surface area contributed by atoms with Gasteiger partial charge in [0.2, 0.25) is 5.91 Å². The van der Waals surface area contributed by atoms with Crippen molar-refractivity contribution >= 4 is 45.1 Å². The van der Waals surface area contributed by atoms with Crippen LogP contribution in [0.2, 0.25) is 0 Å². The van der Waals surface area contributed by atoms with E-state index in [1.54, 1.807) is 0 Å². The molecule has 1 aliphatic heterocycles. The molecule has 6 heteroatoms. The maximum Gasteiger partial charge on any atom is 0.242 e. The predicted molar refractivity (Wildman–Crippen MR) is 80.6 cm³/mol. The number of fused-ring (bicyclic) bond motifs is 1. The van der Waals surface area contributed by atoms with Crippen LogP contribution in [0, 0.1) is 4.77 Å². The van der Waals surface area contributed by atoms with Crippen LogP contribution >= 0.6 is 28.1 Å². The molecule has 0 aliphatic carbocycles. The van der Waals surface area contributed by atoms with Gasteiger partial charge in [0.05, 0.1) is 11.0 Å². The Balaban J connectivity index is 1.95. The predicted octanol–water partition coefficient (Wildman–Crippen LogP) is 3.08. The first-order valence-corrected chi connectivity index (χ1v) is 7.51. The summed E-state index contributed by atoms with van der Waals surface area (Å²) in [5, 5.41) is 0. The Morgan fingerprint density at radius 2 is 2.11 bits per heavy atom. The zero-order chi connectivity index (χ0) is 13.4.